The molecule has 4 rings (SSSR count). The molecule has 0 radical (unpaired) electrons. The third-order valence-electron chi connectivity index (χ3n) is 6.46. The highest BCUT2D eigenvalue weighted by Crippen LogP contribution is 2.63. The summed E-state index contributed by atoms with van der Waals surface area (Å²) in [5.74, 6) is 1.31. The highest BCUT2D eigenvalue weighted by atomic mass is 16.3. The molecule has 0 saturated heterocycles. The molecule has 0 aromatic heterocycles. The van der Waals surface area contributed by atoms with E-state index in [1.54, 1.807) is 0 Å². The number of hydrogen-bond donors (Lipinski definition) is 2. The van der Waals surface area contributed by atoms with E-state index in [2.05, 4.69) is 19.9 Å². The molecule has 2 aromatic carbocycles. The summed E-state index contributed by atoms with van der Waals surface area (Å²) in [6.07, 6.45) is 9.18. The lowest BCUT2D eigenvalue weighted by atomic mass is 9.78. The van der Waals surface area contributed by atoms with Crippen molar-refractivity contribution in [2.75, 3.05) is 0 Å². The smallest absolute Gasteiger partial charge is 0.127 e. The van der Waals surface area contributed by atoms with Gasteiger partial charge in [0, 0.05) is 21.9 Å². The molecule has 1 fully saturated rings. The Hall–Kier alpha value is -1.70. The summed E-state index contributed by atoms with van der Waals surface area (Å²) < 4.78 is 0. The van der Waals surface area contributed by atoms with Crippen LogP contribution in [0.4, 0.5) is 0 Å². The third kappa shape index (κ3) is 2.15. The molecule has 2 nitrogen and oxygen atoms in total. The van der Waals surface area contributed by atoms with Gasteiger partial charge in [-0.3, -0.25) is 0 Å². The Balaban J connectivity index is 1.85. The van der Waals surface area contributed by atoms with Crippen molar-refractivity contribution in [3.05, 3.63) is 34.9 Å². The first-order chi connectivity index (χ1) is 11.6. The van der Waals surface area contributed by atoms with Crippen LogP contribution in [-0.4, -0.2) is 10.2 Å². The summed E-state index contributed by atoms with van der Waals surface area (Å²) in [7, 11) is 0. The summed E-state index contributed by atoms with van der Waals surface area (Å²) in [6.45, 7) is 4.47. The van der Waals surface area contributed by atoms with Crippen molar-refractivity contribution < 1.29 is 10.2 Å². The Labute approximate surface area is 144 Å². The molecule has 2 unspecified atom stereocenters. The summed E-state index contributed by atoms with van der Waals surface area (Å²) in [5, 5.41) is 23.9. The number of unbranched alkanes of at least 4 members (excludes halogenated alkanes) is 3. The number of phenolic OH excluding ortho intramolecular Hbond substituents is 2. The molecule has 128 valence electrons. The number of rotatable bonds is 5. The highest BCUT2D eigenvalue weighted by Gasteiger charge is 2.49. The number of benzene rings is 2. The zero-order valence-corrected chi connectivity index (χ0v) is 14.9. The summed E-state index contributed by atoms with van der Waals surface area (Å²) in [6, 6.07) is 6.11. The number of hydrogen-bond acceptors (Lipinski definition) is 2. The predicted octanol–water partition coefficient (Wildman–Crippen LogP) is 5.91. The zero-order chi connectivity index (χ0) is 16.9. The Morgan fingerprint density at radius 3 is 2.75 bits per heavy atom. The highest BCUT2D eigenvalue weighted by molar-refractivity contribution is 5.99. The molecule has 0 heterocycles. The SMILES string of the molecule is CCCCCCc1cccc2c(O)c3c(c(O)c12)C1CCC3(C)C1. The quantitative estimate of drug-likeness (QED) is 0.530. The fraction of sp³-hybridized carbons (Fsp3) is 0.545. The topological polar surface area (TPSA) is 40.5 Å². The average Bonchev–Trinajstić information content (AvgIpc) is 3.10. The maximum atomic E-state index is 11.1. The van der Waals surface area contributed by atoms with Gasteiger partial charge < -0.3 is 10.2 Å². The van der Waals surface area contributed by atoms with Gasteiger partial charge in [0.15, 0.2) is 0 Å². The fourth-order valence-corrected chi connectivity index (χ4v) is 5.27. The number of phenols is 2. The van der Waals surface area contributed by atoms with Crippen LogP contribution >= 0.6 is 0 Å². The maximum absolute atomic E-state index is 11.1. The molecule has 2 atom stereocenters. The van der Waals surface area contributed by atoms with Crippen molar-refractivity contribution in [1.82, 2.24) is 0 Å². The monoisotopic (exact) mass is 324 g/mol. The molecule has 2 aliphatic rings. The molecule has 0 spiro atoms. The molecular formula is C22H28O2. The lowest BCUT2D eigenvalue weighted by Gasteiger charge is -2.27. The molecule has 2 aliphatic carbocycles. The minimum Gasteiger partial charge on any atom is -0.507 e. The summed E-state index contributed by atoms with van der Waals surface area (Å²) in [4.78, 5) is 0. The van der Waals surface area contributed by atoms with Crippen molar-refractivity contribution >= 4 is 10.8 Å². The molecule has 2 N–H and O–H groups in total. The van der Waals surface area contributed by atoms with Crippen LogP contribution in [0.15, 0.2) is 18.2 Å². The minimum absolute atomic E-state index is 0.0485. The largest absolute Gasteiger partial charge is 0.507 e. The van der Waals surface area contributed by atoms with Crippen LogP contribution in [0.5, 0.6) is 11.5 Å². The van der Waals surface area contributed by atoms with Gasteiger partial charge >= 0.3 is 0 Å². The van der Waals surface area contributed by atoms with Crippen LogP contribution in [0.2, 0.25) is 0 Å². The van der Waals surface area contributed by atoms with Crippen molar-refractivity contribution in [3.8, 4) is 11.5 Å². The molecule has 24 heavy (non-hydrogen) atoms. The van der Waals surface area contributed by atoms with Gasteiger partial charge in [-0.25, -0.2) is 0 Å². The molecule has 0 aliphatic heterocycles. The average molecular weight is 324 g/mol. The van der Waals surface area contributed by atoms with Crippen LogP contribution in [0, 0.1) is 0 Å². The van der Waals surface area contributed by atoms with Crippen LogP contribution in [0.1, 0.15) is 81.4 Å². The van der Waals surface area contributed by atoms with E-state index in [0.29, 0.717) is 17.4 Å². The molecule has 2 heteroatoms. The Morgan fingerprint density at radius 1 is 1.12 bits per heavy atom. The van der Waals surface area contributed by atoms with Gasteiger partial charge in [-0.05, 0) is 49.0 Å². The fourth-order valence-electron chi connectivity index (χ4n) is 5.27. The van der Waals surface area contributed by atoms with E-state index in [0.717, 1.165) is 54.0 Å². The second-order valence-corrected chi connectivity index (χ2v) is 8.14. The van der Waals surface area contributed by atoms with Gasteiger partial charge in [0.1, 0.15) is 11.5 Å². The van der Waals surface area contributed by atoms with Crippen molar-refractivity contribution in [2.45, 2.75) is 76.5 Å². The Kier molecular flexibility index (Phi) is 3.74. The van der Waals surface area contributed by atoms with Gasteiger partial charge in [-0.15, -0.1) is 0 Å². The minimum atomic E-state index is 0.0485. The van der Waals surface area contributed by atoms with Crippen LogP contribution in [-0.2, 0) is 11.8 Å². The molecule has 0 amide bonds. The molecule has 2 aromatic rings. The summed E-state index contributed by atoms with van der Waals surface area (Å²) >= 11 is 0. The standard InChI is InChI=1S/C22H28O2/c1-3-4-5-6-8-14-9-7-10-16-17(14)21(24)18-15-11-12-22(2,13-15)19(18)20(16)23/h7,9-10,15,23-24H,3-6,8,11-13H2,1-2H3. The van der Waals surface area contributed by atoms with E-state index < -0.39 is 0 Å². The number of aromatic hydroxyl groups is 2. The van der Waals surface area contributed by atoms with Crippen LogP contribution in [0.3, 0.4) is 0 Å². The first-order valence-electron chi connectivity index (χ1n) is 9.56. The van der Waals surface area contributed by atoms with Crippen molar-refractivity contribution in [2.24, 2.45) is 0 Å². The summed E-state index contributed by atoms with van der Waals surface area (Å²) in [5.41, 5.74) is 3.32. The van der Waals surface area contributed by atoms with E-state index in [-0.39, 0.29) is 5.41 Å². The van der Waals surface area contributed by atoms with Gasteiger partial charge in [-0.1, -0.05) is 51.3 Å². The van der Waals surface area contributed by atoms with Gasteiger partial charge in [0.05, 0.1) is 0 Å². The Bertz CT molecular complexity index is 792. The van der Waals surface area contributed by atoms with Crippen LogP contribution in [0.25, 0.3) is 10.8 Å². The van der Waals surface area contributed by atoms with E-state index >= 15 is 0 Å². The number of fused-ring (bicyclic) bond motifs is 6. The lowest BCUT2D eigenvalue weighted by Crippen LogP contribution is -2.16. The molecule has 2 bridgehead atoms. The Morgan fingerprint density at radius 2 is 1.96 bits per heavy atom. The van der Waals surface area contributed by atoms with E-state index in [1.807, 2.05) is 12.1 Å². The van der Waals surface area contributed by atoms with Crippen molar-refractivity contribution in [3.63, 3.8) is 0 Å². The maximum Gasteiger partial charge on any atom is 0.127 e. The van der Waals surface area contributed by atoms with E-state index in [1.165, 1.54) is 24.8 Å². The predicted molar refractivity (Wildman–Crippen MR) is 99.1 cm³/mol. The molecule has 1 saturated carbocycles. The van der Waals surface area contributed by atoms with Gasteiger partial charge in [0.2, 0.25) is 0 Å². The number of aryl methyl sites for hydroxylation is 1. The van der Waals surface area contributed by atoms with E-state index in [4.69, 9.17) is 0 Å². The van der Waals surface area contributed by atoms with Crippen molar-refractivity contribution in [1.29, 1.82) is 0 Å². The second kappa shape index (κ2) is 5.68. The normalized spacial score (nSPS) is 24.7. The molecular weight excluding hydrogens is 296 g/mol. The lowest BCUT2D eigenvalue weighted by molar-refractivity contribution is 0.427. The van der Waals surface area contributed by atoms with E-state index in [9.17, 15) is 10.2 Å². The first-order valence-corrected chi connectivity index (χ1v) is 9.56. The third-order valence-corrected chi connectivity index (χ3v) is 6.46. The van der Waals surface area contributed by atoms with Gasteiger partial charge in [0.25, 0.3) is 0 Å². The van der Waals surface area contributed by atoms with Gasteiger partial charge in [-0.2, -0.15) is 0 Å². The first kappa shape index (κ1) is 15.8. The zero-order valence-electron chi connectivity index (χ0n) is 14.9. The second-order valence-electron chi connectivity index (χ2n) is 8.14. The van der Waals surface area contributed by atoms with Crippen LogP contribution < -0.4 is 0 Å².